The monoisotopic (exact) mass is 455 g/mol. The first-order valence-corrected chi connectivity index (χ1v) is 11.5. The minimum absolute atomic E-state index is 0.766. The number of hydrogen-bond acceptors (Lipinski definition) is 3. The van der Waals surface area contributed by atoms with E-state index in [1.165, 1.54) is 44.9 Å². The van der Waals surface area contributed by atoms with Gasteiger partial charge in [-0.1, -0.05) is 85.1 Å². The van der Waals surface area contributed by atoms with Crippen LogP contribution in [0, 0.1) is 0 Å². The number of nitrogens with zero attached hydrogens (tertiary/aromatic N) is 1. The van der Waals surface area contributed by atoms with Crippen LogP contribution in [0.1, 0.15) is 58.3 Å². The number of ether oxygens (including phenoxy) is 1. The fourth-order valence-corrected chi connectivity index (χ4v) is 3.57. The fourth-order valence-electron chi connectivity index (χ4n) is 3.31. The smallest absolute Gasteiger partial charge is 0.167 e. The average molecular weight is 456 g/mol. The van der Waals surface area contributed by atoms with Gasteiger partial charge in [-0.15, -0.1) is 0 Å². The highest BCUT2D eigenvalue weighted by Crippen LogP contribution is 2.28. The molecule has 0 atom stereocenters. The molecule has 0 saturated heterocycles. The van der Waals surface area contributed by atoms with Crippen LogP contribution in [0.25, 0.3) is 22.6 Å². The Morgan fingerprint density at radius 1 is 0.793 bits per heavy atom. The number of aromatic nitrogens is 1. The molecule has 1 heterocycles. The summed E-state index contributed by atoms with van der Waals surface area (Å²) in [6.45, 7) is 3.04. The number of unbranched alkanes of at least 4 members (excludes halogenated alkanes) is 7. The lowest BCUT2D eigenvalue weighted by atomic mass is 10.1. The maximum atomic E-state index is 5.88. The Morgan fingerprint density at radius 3 is 2.10 bits per heavy atom. The Morgan fingerprint density at radius 2 is 1.41 bits per heavy atom. The van der Waals surface area contributed by atoms with Gasteiger partial charge in [-0.3, -0.25) is 0 Å². The van der Waals surface area contributed by atoms with E-state index in [4.69, 9.17) is 9.26 Å². The van der Waals surface area contributed by atoms with Crippen LogP contribution in [0.3, 0.4) is 0 Å². The molecule has 0 unspecified atom stereocenters. The van der Waals surface area contributed by atoms with E-state index in [1.54, 1.807) is 0 Å². The number of benzene rings is 2. The van der Waals surface area contributed by atoms with E-state index < -0.39 is 0 Å². The molecule has 0 saturated carbocycles. The van der Waals surface area contributed by atoms with Crippen LogP contribution >= 0.6 is 15.9 Å². The summed E-state index contributed by atoms with van der Waals surface area (Å²) >= 11 is 3.45. The van der Waals surface area contributed by atoms with Crippen molar-refractivity contribution in [3.8, 4) is 28.3 Å². The van der Waals surface area contributed by atoms with Crippen molar-refractivity contribution in [3.05, 3.63) is 59.1 Å². The third kappa shape index (κ3) is 7.04. The van der Waals surface area contributed by atoms with Crippen molar-refractivity contribution in [2.45, 2.75) is 58.3 Å². The third-order valence-electron chi connectivity index (χ3n) is 5.06. The standard InChI is InChI=1S/C25H30BrNO2/c1-2-3-4-5-6-7-8-9-18-28-23-16-12-20(13-17-23)24-19-25(29-27-24)21-10-14-22(26)15-11-21/h10-17,19H,2-9,18H2,1H3. The van der Waals surface area contributed by atoms with Gasteiger partial charge in [0.05, 0.1) is 6.61 Å². The molecule has 29 heavy (non-hydrogen) atoms. The highest BCUT2D eigenvalue weighted by molar-refractivity contribution is 9.10. The molecule has 3 nitrogen and oxygen atoms in total. The zero-order valence-electron chi connectivity index (χ0n) is 17.2. The summed E-state index contributed by atoms with van der Waals surface area (Å²) in [6, 6.07) is 18.1. The Hall–Kier alpha value is -2.07. The minimum Gasteiger partial charge on any atom is -0.494 e. The normalized spacial score (nSPS) is 11.0. The van der Waals surface area contributed by atoms with Gasteiger partial charge in [0.25, 0.3) is 0 Å². The van der Waals surface area contributed by atoms with Gasteiger partial charge in [0, 0.05) is 21.7 Å². The van der Waals surface area contributed by atoms with Crippen LogP contribution < -0.4 is 4.74 Å². The van der Waals surface area contributed by atoms with Gasteiger partial charge in [-0.25, -0.2) is 0 Å². The molecular formula is C25H30BrNO2. The molecule has 0 radical (unpaired) electrons. The van der Waals surface area contributed by atoms with Crippen LogP contribution in [-0.2, 0) is 0 Å². The van der Waals surface area contributed by atoms with Crippen LogP contribution in [0.2, 0.25) is 0 Å². The predicted molar refractivity (Wildman–Crippen MR) is 123 cm³/mol. The van der Waals surface area contributed by atoms with Gasteiger partial charge in [0.15, 0.2) is 5.76 Å². The molecule has 0 spiro atoms. The van der Waals surface area contributed by atoms with E-state index in [2.05, 4.69) is 28.0 Å². The van der Waals surface area contributed by atoms with Gasteiger partial charge < -0.3 is 9.26 Å². The first-order valence-electron chi connectivity index (χ1n) is 10.7. The molecule has 0 aliphatic carbocycles. The minimum atomic E-state index is 0.766. The molecular weight excluding hydrogens is 426 g/mol. The molecule has 0 aliphatic rings. The van der Waals surface area contributed by atoms with Crippen molar-refractivity contribution in [3.63, 3.8) is 0 Å². The maximum Gasteiger partial charge on any atom is 0.167 e. The summed E-state index contributed by atoms with van der Waals surface area (Å²) in [5.74, 6) is 1.68. The molecule has 0 N–H and O–H groups in total. The van der Waals surface area contributed by atoms with Crippen LogP contribution in [0.5, 0.6) is 5.75 Å². The predicted octanol–water partition coefficient (Wildman–Crippen LogP) is 8.29. The molecule has 3 rings (SSSR count). The second-order valence-corrected chi connectivity index (χ2v) is 8.35. The van der Waals surface area contributed by atoms with Gasteiger partial charge in [-0.2, -0.15) is 0 Å². The largest absolute Gasteiger partial charge is 0.494 e. The third-order valence-corrected chi connectivity index (χ3v) is 5.58. The number of hydrogen-bond donors (Lipinski definition) is 0. The molecule has 0 amide bonds. The van der Waals surface area contributed by atoms with Gasteiger partial charge >= 0.3 is 0 Å². The number of rotatable bonds is 12. The topological polar surface area (TPSA) is 35.3 Å². The van der Waals surface area contributed by atoms with Gasteiger partial charge in [-0.05, 0) is 42.8 Å². The molecule has 1 aromatic heterocycles. The van der Waals surface area contributed by atoms with Crippen LogP contribution in [-0.4, -0.2) is 11.8 Å². The Balaban J connectivity index is 1.42. The van der Waals surface area contributed by atoms with E-state index in [1.807, 2.05) is 54.6 Å². The Kier molecular flexibility index (Phi) is 8.82. The van der Waals surface area contributed by atoms with Crippen molar-refractivity contribution in [1.29, 1.82) is 0 Å². The van der Waals surface area contributed by atoms with E-state index >= 15 is 0 Å². The van der Waals surface area contributed by atoms with Crippen LogP contribution in [0.4, 0.5) is 0 Å². The second-order valence-electron chi connectivity index (χ2n) is 7.43. The highest BCUT2D eigenvalue weighted by Gasteiger charge is 2.09. The zero-order chi connectivity index (χ0) is 20.3. The summed E-state index contributed by atoms with van der Waals surface area (Å²) in [5.41, 5.74) is 2.87. The molecule has 154 valence electrons. The number of halogens is 1. The lowest BCUT2D eigenvalue weighted by Crippen LogP contribution is -1.97. The molecule has 3 aromatic rings. The Labute approximate surface area is 182 Å². The maximum absolute atomic E-state index is 5.88. The molecule has 0 fully saturated rings. The first-order chi connectivity index (χ1) is 14.3. The second kappa shape index (κ2) is 11.8. The van der Waals surface area contributed by atoms with E-state index in [0.717, 1.165) is 45.8 Å². The van der Waals surface area contributed by atoms with Crippen molar-refractivity contribution in [1.82, 2.24) is 5.16 Å². The van der Waals surface area contributed by atoms with Gasteiger partial charge in [0.2, 0.25) is 0 Å². The zero-order valence-corrected chi connectivity index (χ0v) is 18.8. The SMILES string of the molecule is CCCCCCCCCCOc1ccc(-c2cc(-c3ccc(Br)cc3)on2)cc1. The van der Waals surface area contributed by atoms with E-state index in [9.17, 15) is 0 Å². The molecule has 0 bridgehead atoms. The van der Waals surface area contributed by atoms with Gasteiger partial charge in [0.1, 0.15) is 11.4 Å². The highest BCUT2D eigenvalue weighted by atomic mass is 79.9. The fraction of sp³-hybridized carbons (Fsp3) is 0.400. The summed E-state index contributed by atoms with van der Waals surface area (Å²) < 4.78 is 12.4. The van der Waals surface area contributed by atoms with Crippen molar-refractivity contribution in [2.75, 3.05) is 6.61 Å². The molecule has 0 aliphatic heterocycles. The Bertz CT molecular complexity index is 840. The van der Waals surface area contributed by atoms with Crippen molar-refractivity contribution < 1.29 is 9.26 Å². The quantitative estimate of drug-likeness (QED) is 0.257. The lowest BCUT2D eigenvalue weighted by Gasteiger charge is -2.06. The first kappa shape index (κ1) is 21.6. The summed E-state index contributed by atoms with van der Waals surface area (Å²) in [6.07, 6.45) is 10.5. The van der Waals surface area contributed by atoms with E-state index in [0.29, 0.717) is 0 Å². The van der Waals surface area contributed by atoms with Crippen LogP contribution in [0.15, 0.2) is 63.6 Å². The molecule has 4 heteroatoms. The summed E-state index contributed by atoms with van der Waals surface area (Å²) in [5, 5.41) is 4.21. The lowest BCUT2D eigenvalue weighted by molar-refractivity contribution is 0.304. The molecule has 2 aromatic carbocycles. The summed E-state index contributed by atoms with van der Waals surface area (Å²) in [4.78, 5) is 0. The summed E-state index contributed by atoms with van der Waals surface area (Å²) in [7, 11) is 0. The van der Waals surface area contributed by atoms with Crippen molar-refractivity contribution in [2.24, 2.45) is 0 Å². The van der Waals surface area contributed by atoms with Crippen molar-refractivity contribution >= 4 is 15.9 Å². The average Bonchev–Trinajstić information content (AvgIpc) is 3.24. The van der Waals surface area contributed by atoms with E-state index in [-0.39, 0.29) is 0 Å².